The van der Waals surface area contributed by atoms with Crippen molar-refractivity contribution in [2.24, 2.45) is 5.16 Å². The molecule has 2 aromatic carbocycles. The minimum absolute atomic E-state index is 0.215. The van der Waals surface area contributed by atoms with Gasteiger partial charge in [-0.05, 0) is 35.9 Å². The van der Waals surface area contributed by atoms with Crippen LogP contribution in [0.5, 0.6) is 23.0 Å². The summed E-state index contributed by atoms with van der Waals surface area (Å²) >= 11 is 0. The maximum Gasteiger partial charge on any atom is 0.231 e. The van der Waals surface area contributed by atoms with Crippen LogP contribution in [0.25, 0.3) is 0 Å². The van der Waals surface area contributed by atoms with Gasteiger partial charge in [-0.15, -0.1) is 0 Å². The van der Waals surface area contributed by atoms with Crippen LogP contribution in [0.1, 0.15) is 11.1 Å². The van der Waals surface area contributed by atoms with Gasteiger partial charge in [0, 0.05) is 12.0 Å². The molecule has 0 unspecified atom stereocenters. The molecule has 0 aromatic heterocycles. The van der Waals surface area contributed by atoms with Gasteiger partial charge in [-0.1, -0.05) is 11.2 Å². The standard InChI is InChI=1S/C16H13NO5/c18-17-12(11-2-4-14-16(7-11)22-9-20-14)5-10-1-3-13-15(6-10)21-8-19-13/h1-4,6-7,18H,5,8-9H2. The Bertz CT molecular complexity index is 756. The zero-order valence-corrected chi connectivity index (χ0v) is 11.6. The van der Waals surface area contributed by atoms with Crippen molar-refractivity contribution in [3.8, 4) is 23.0 Å². The van der Waals surface area contributed by atoms with E-state index in [2.05, 4.69) is 5.16 Å². The molecule has 2 heterocycles. The van der Waals surface area contributed by atoms with Crippen molar-refractivity contribution in [2.45, 2.75) is 6.42 Å². The predicted octanol–water partition coefficient (Wildman–Crippen LogP) is 2.57. The summed E-state index contributed by atoms with van der Waals surface area (Å²) in [6.07, 6.45) is 0.465. The topological polar surface area (TPSA) is 69.5 Å². The van der Waals surface area contributed by atoms with Gasteiger partial charge in [0.15, 0.2) is 23.0 Å². The molecule has 4 rings (SSSR count). The van der Waals surface area contributed by atoms with E-state index in [0.717, 1.165) is 16.9 Å². The Hall–Kier alpha value is -2.89. The first-order valence-corrected chi connectivity index (χ1v) is 6.83. The van der Waals surface area contributed by atoms with Gasteiger partial charge in [-0.2, -0.15) is 0 Å². The summed E-state index contributed by atoms with van der Waals surface area (Å²) in [6, 6.07) is 11.1. The minimum Gasteiger partial charge on any atom is -0.454 e. The monoisotopic (exact) mass is 299 g/mol. The van der Waals surface area contributed by atoms with Gasteiger partial charge in [0.1, 0.15) is 0 Å². The van der Waals surface area contributed by atoms with Crippen LogP contribution >= 0.6 is 0 Å². The molecule has 0 amide bonds. The number of hydrogen-bond acceptors (Lipinski definition) is 6. The Morgan fingerprint density at radius 1 is 0.864 bits per heavy atom. The SMILES string of the molecule is ON=C(Cc1ccc2c(c1)OCO2)c1ccc2c(c1)OCO2. The van der Waals surface area contributed by atoms with Crippen LogP contribution in [0, 0.1) is 0 Å². The van der Waals surface area contributed by atoms with Crippen molar-refractivity contribution in [1.29, 1.82) is 0 Å². The summed E-state index contributed by atoms with van der Waals surface area (Å²) in [5.41, 5.74) is 2.29. The summed E-state index contributed by atoms with van der Waals surface area (Å²) in [6.45, 7) is 0.453. The molecule has 0 saturated carbocycles. The zero-order chi connectivity index (χ0) is 14.9. The van der Waals surface area contributed by atoms with Crippen LogP contribution in [0.15, 0.2) is 41.6 Å². The molecule has 0 aliphatic carbocycles. The molecule has 0 radical (unpaired) electrons. The van der Waals surface area contributed by atoms with Crippen LogP contribution in [0.4, 0.5) is 0 Å². The lowest BCUT2D eigenvalue weighted by molar-refractivity contribution is 0.173. The Labute approximate surface area is 126 Å². The highest BCUT2D eigenvalue weighted by Gasteiger charge is 2.17. The lowest BCUT2D eigenvalue weighted by Crippen LogP contribution is -2.05. The van der Waals surface area contributed by atoms with Crippen molar-refractivity contribution < 1.29 is 24.2 Å². The molecule has 6 nitrogen and oxygen atoms in total. The first-order chi connectivity index (χ1) is 10.8. The average Bonchev–Trinajstić information content (AvgIpc) is 3.19. The van der Waals surface area contributed by atoms with E-state index in [4.69, 9.17) is 18.9 Å². The van der Waals surface area contributed by atoms with Crippen molar-refractivity contribution in [2.75, 3.05) is 13.6 Å². The molecule has 2 aliphatic rings. The molecule has 112 valence electrons. The molecule has 0 atom stereocenters. The Morgan fingerprint density at radius 2 is 1.50 bits per heavy atom. The van der Waals surface area contributed by atoms with Crippen LogP contribution < -0.4 is 18.9 Å². The van der Waals surface area contributed by atoms with E-state index in [9.17, 15) is 5.21 Å². The van der Waals surface area contributed by atoms with Gasteiger partial charge in [-0.3, -0.25) is 0 Å². The molecule has 6 heteroatoms. The third kappa shape index (κ3) is 2.18. The molecule has 0 spiro atoms. The second-order valence-corrected chi connectivity index (χ2v) is 4.98. The number of oxime groups is 1. The zero-order valence-electron chi connectivity index (χ0n) is 11.6. The number of rotatable bonds is 3. The third-order valence-electron chi connectivity index (χ3n) is 3.64. The molecule has 2 aliphatic heterocycles. The normalized spacial score (nSPS) is 15.2. The van der Waals surface area contributed by atoms with Crippen molar-refractivity contribution in [1.82, 2.24) is 0 Å². The highest BCUT2D eigenvalue weighted by Crippen LogP contribution is 2.34. The van der Waals surface area contributed by atoms with Gasteiger partial charge < -0.3 is 24.2 Å². The third-order valence-corrected chi connectivity index (χ3v) is 3.64. The van der Waals surface area contributed by atoms with Crippen LogP contribution in [-0.2, 0) is 6.42 Å². The average molecular weight is 299 g/mol. The fourth-order valence-electron chi connectivity index (χ4n) is 2.52. The van der Waals surface area contributed by atoms with Crippen molar-refractivity contribution >= 4 is 5.71 Å². The number of ether oxygens (including phenoxy) is 4. The summed E-state index contributed by atoms with van der Waals surface area (Å²) < 4.78 is 21.3. The minimum atomic E-state index is 0.215. The summed E-state index contributed by atoms with van der Waals surface area (Å²) in [5, 5.41) is 12.8. The van der Waals surface area contributed by atoms with E-state index < -0.39 is 0 Å². The largest absolute Gasteiger partial charge is 0.454 e. The first-order valence-electron chi connectivity index (χ1n) is 6.83. The van der Waals surface area contributed by atoms with Crippen LogP contribution in [0.2, 0.25) is 0 Å². The summed E-state index contributed by atoms with van der Waals surface area (Å²) in [4.78, 5) is 0. The molecule has 1 N–H and O–H groups in total. The Kier molecular flexibility index (Phi) is 3.00. The lowest BCUT2D eigenvalue weighted by Gasteiger charge is -2.07. The van der Waals surface area contributed by atoms with Gasteiger partial charge in [0.2, 0.25) is 13.6 Å². The first kappa shape index (κ1) is 12.8. The second-order valence-electron chi connectivity index (χ2n) is 4.98. The van der Waals surface area contributed by atoms with Gasteiger partial charge in [-0.25, -0.2) is 0 Å². The predicted molar refractivity (Wildman–Crippen MR) is 77.2 cm³/mol. The van der Waals surface area contributed by atoms with Crippen molar-refractivity contribution in [3.05, 3.63) is 47.5 Å². The van der Waals surface area contributed by atoms with Crippen molar-refractivity contribution in [3.63, 3.8) is 0 Å². The molecule has 0 saturated heterocycles. The van der Waals surface area contributed by atoms with E-state index in [0.29, 0.717) is 29.4 Å². The van der Waals surface area contributed by atoms with Gasteiger partial charge in [0.05, 0.1) is 5.71 Å². The fourth-order valence-corrected chi connectivity index (χ4v) is 2.52. The van der Waals surface area contributed by atoms with Crippen LogP contribution in [-0.4, -0.2) is 24.5 Å². The van der Waals surface area contributed by atoms with Gasteiger partial charge in [0.25, 0.3) is 0 Å². The van der Waals surface area contributed by atoms with E-state index in [1.165, 1.54) is 0 Å². The van der Waals surface area contributed by atoms with E-state index in [1.54, 1.807) is 0 Å². The highest BCUT2D eigenvalue weighted by molar-refractivity contribution is 6.02. The molecular weight excluding hydrogens is 286 g/mol. The molecular formula is C16H13NO5. The molecule has 2 aromatic rings. The number of benzene rings is 2. The van der Waals surface area contributed by atoms with Crippen LogP contribution in [0.3, 0.4) is 0 Å². The quantitative estimate of drug-likeness (QED) is 0.536. The van der Waals surface area contributed by atoms with E-state index in [-0.39, 0.29) is 13.6 Å². The molecule has 22 heavy (non-hydrogen) atoms. The number of nitrogens with zero attached hydrogens (tertiary/aromatic N) is 1. The maximum absolute atomic E-state index is 9.34. The smallest absolute Gasteiger partial charge is 0.231 e. The fraction of sp³-hybridized carbons (Fsp3) is 0.188. The lowest BCUT2D eigenvalue weighted by atomic mass is 10.0. The Morgan fingerprint density at radius 3 is 2.23 bits per heavy atom. The number of hydrogen-bond donors (Lipinski definition) is 1. The summed E-state index contributed by atoms with van der Waals surface area (Å²) in [7, 11) is 0. The van der Waals surface area contributed by atoms with Gasteiger partial charge >= 0.3 is 0 Å². The second kappa shape index (κ2) is 5.14. The van der Waals surface area contributed by atoms with E-state index in [1.807, 2.05) is 36.4 Å². The highest BCUT2D eigenvalue weighted by atomic mass is 16.7. The maximum atomic E-state index is 9.34. The summed E-state index contributed by atoms with van der Waals surface area (Å²) in [5.74, 6) is 2.79. The molecule has 0 bridgehead atoms. The van der Waals surface area contributed by atoms with E-state index >= 15 is 0 Å². The Balaban J connectivity index is 1.60. The number of fused-ring (bicyclic) bond motifs is 2. The molecule has 0 fully saturated rings.